The van der Waals surface area contributed by atoms with Crippen molar-refractivity contribution in [1.29, 1.82) is 0 Å². The van der Waals surface area contributed by atoms with Crippen LogP contribution >= 0.6 is 23.2 Å². The maximum atomic E-state index is 13.9. The third kappa shape index (κ3) is 4.13. The molecule has 5 rings (SSSR count). The molecule has 2 aromatic carbocycles. The summed E-state index contributed by atoms with van der Waals surface area (Å²) in [7, 11) is 0. The standard InChI is InChI=1S/C25H25Cl2N3O4/c1-15(31)28-30(20-7-4-6-17-16-5-2-3-8-21(16)34-24(17)20)25(32)22-18(26)9-10-19(23(22)27)29-11-13-33-14-12-29/h4,6-7,9-10H,2-3,5,8,11-14H2,1H3,(H,28,31). The Bertz CT molecular complexity index is 1270. The summed E-state index contributed by atoms with van der Waals surface area (Å²) in [6.07, 6.45) is 3.95. The number of rotatable bonds is 3. The first-order valence-electron chi connectivity index (χ1n) is 11.4. The first-order valence-corrected chi connectivity index (χ1v) is 12.2. The van der Waals surface area contributed by atoms with Crippen molar-refractivity contribution in [2.75, 3.05) is 36.2 Å². The van der Waals surface area contributed by atoms with Crippen molar-refractivity contribution >= 4 is 57.4 Å². The van der Waals surface area contributed by atoms with E-state index < -0.39 is 11.8 Å². The van der Waals surface area contributed by atoms with Crippen molar-refractivity contribution in [1.82, 2.24) is 5.43 Å². The average Bonchev–Trinajstić information content (AvgIpc) is 3.22. The molecule has 7 nitrogen and oxygen atoms in total. The minimum Gasteiger partial charge on any atom is -0.458 e. The number of fused-ring (bicyclic) bond motifs is 3. The number of hydrogen-bond donors (Lipinski definition) is 1. The van der Waals surface area contributed by atoms with Gasteiger partial charge in [-0.1, -0.05) is 35.3 Å². The first kappa shape index (κ1) is 23.0. The van der Waals surface area contributed by atoms with E-state index in [1.807, 2.05) is 12.1 Å². The predicted octanol–water partition coefficient (Wildman–Crippen LogP) is 5.15. The number of para-hydroxylation sites is 1. The quantitative estimate of drug-likeness (QED) is 0.502. The number of amides is 2. The summed E-state index contributed by atoms with van der Waals surface area (Å²) in [6, 6.07) is 9.05. The fraction of sp³-hybridized carbons (Fsp3) is 0.360. The Balaban J connectivity index is 1.61. The minimum atomic E-state index is -0.540. The number of benzene rings is 2. The Hall–Kier alpha value is -2.74. The van der Waals surface area contributed by atoms with Gasteiger partial charge in [0.1, 0.15) is 11.4 Å². The molecule has 1 saturated heterocycles. The van der Waals surface area contributed by atoms with Crippen LogP contribution < -0.4 is 15.3 Å². The Morgan fingerprint density at radius 2 is 1.82 bits per heavy atom. The van der Waals surface area contributed by atoms with Crippen LogP contribution in [0.2, 0.25) is 10.0 Å². The molecule has 1 aromatic heterocycles. The Morgan fingerprint density at radius 1 is 1.06 bits per heavy atom. The Labute approximate surface area is 207 Å². The summed E-state index contributed by atoms with van der Waals surface area (Å²) in [6.45, 7) is 3.81. The molecule has 2 aliphatic rings. The van der Waals surface area contributed by atoms with E-state index in [9.17, 15) is 9.59 Å². The zero-order valence-electron chi connectivity index (χ0n) is 18.8. The molecular weight excluding hydrogens is 477 g/mol. The topological polar surface area (TPSA) is 75.0 Å². The molecule has 1 N–H and O–H groups in total. The van der Waals surface area contributed by atoms with Gasteiger partial charge in [0.25, 0.3) is 5.91 Å². The van der Waals surface area contributed by atoms with Crippen molar-refractivity contribution in [3.8, 4) is 0 Å². The molecule has 0 bridgehead atoms. The average molecular weight is 502 g/mol. The number of nitrogens with one attached hydrogen (secondary N) is 1. The largest absolute Gasteiger partial charge is 0.458 e. The number of furan rings is 1. The second-order valence-electron chi connectivity index (χ2n) is 8.53. The number of carbonyl (C=O) groups is 2. The number of anilines is 2. The molecule has 2 amide bonds. The van der Waals surface area contributed by atoms with E-state index in [1.54, 1.807) is 18.2 Å². The first-order chi connectivity index (χ1) is 16.5. The van der Waals surface area contributed by atoms with Crippen LogP contribution in [0.15, 0.2) is 34.7 Å². The fourth-order valence-electron chi connectivity index (χ4n) is 4.72. The van der Waals surface area contributed by atoms with Crippen LogP contribution in [-0.2, 0) is 22.4 Å². The van der Waals surface area contributed by atoms with Crippen molar-refractivity contribution in [3.05, 3.63) is 57.3 Å². The van der Waals surface area contributed by atoms with Gasteiger partial charge < -0.3 is 14.1 Å². The third-order valence-electron chi connectivity index (χ3n) is 6.31. The Kier molecular flexibility index (Phi) is 6.42. The van der Waals surface area contributed by atoms with E-state index in [1.165, 1.54) is 17.5 Å². The molecule has 9 heteroatoms. The summed E-state index contributed by atoms with van der Waals surface area (Å²) < 4.78 is 11.7. The number of hydrogen-bond acceptors (Lipinski definition) is 5. The van der Waals surface area contributed by atoms with Gasteiger partial charge in [-0.05, 0) is 37.5 Å². The van der Waals surface area contributed by atoms with Gasteiger partial charge in [-0.25, -0.2) is 5.01 Å². The predicted molar refractivity (Wildman–Crippen MR) is 133 cm³/mol. The van der Waals surface area contributed by atoms with Gasteiger partial charge in [0.05, 0.1) is 34.5 Å². The molecule has 0 unspecified atom stereocenters. The SMILES string of the molecule is CC(=O)NN(C(=O)c1c(Cl)ccc(N2CCOCC2)c1Cl)c1cccc2c3c(oc12)CCCC3. The highest BCUT2D eigenvalue weighted by atomic mass is 35.5. The lowest BCUT2D eigenvalue weighted by Crippen LogP contribution is -2.46. The van der Waals surface area contributed by atoms with Gasteiger partial charge in [0, 0.05) is 37.4 Å². The number of ether oxygens (including phenoxy) is 1. The molecular formula is C25H25Cl2N3O4. The van der Waals surface area contributed by atoms with Gasteiger partial charge in [-0.15, -0.1) is 0 Å². The van der Waals surface area contributed by atoms with E-state index in [0.29, 0.717) is 43.3 Å². The van der Waals surface area contributed by atoms with Crippen LogP contribution in [0.25, 0.3) is 11.0 Å². The fourth-order valence-corrected chi connectivity index (χ4v) is 5.37. The van der Waals surface area contributed by atoms with Gasteiger partial charge >= 0.3 is 0 Å². The second-order valence-corrected chi connectivity index (χ2v) is 9.31. The molecule has 0 radical (unpaired) electrons. The number of nitrogens with zero attached hydrogens (tertiary/aromatic N) is 2. The lowest BCUT2D eigenvalue weighted by atomic mass is 9.96. The molecule has 0 spiro atoms. The highest BCUT2D eigenvalue weighted by Crippen LogP contribution is 2.39. The van der Waals surface area contributed by atoms with Gasteiger partial charge in [-0.2, -0.15) is 0 Å². The summed E-state index contributed by atoms with van der Waals surface area (Å²) in [4.78, 5) is 28.1. The van der Waals surface area contributed by atoms with E-state index in [0.717, 1.165) is 36.8 Å². The number of halogens is 2. The van der Waals surface area contributed by atoms with Gasteiger partial charge in [0.15, 0.2) is 5.58 Å². The summed E-state index contributed by atoms with van der Waals surface area (Å²) >= 11 is 13.3. The van der Waals surface area contributed by atoms with Crippen LogP contribution in [0.1, 0.15) is 41.4 Å². The van der Waals surface area contributed by atoms with E-state index in [2.05, 4.69) is 10.3 Å². The molecule has 1 aliphatic heterocycles. The molecule has 3 aromatic rings. The third-order valence-corrected chi connectivity index (χ3v) is 7.01. The van der Waals surface area contributed by atoms with Crippen LogP contribution in [0.3, 0.4) is 0 Å². The van der Waals surface area contributed by atoms with Crippen LogP contribution in [0, 0.1) is 0 Å². The smallest absolute Gasteiger partial charge is 0.280 e. The van der Waals surface area contributed by atoms with Crippen LogP contribution in [-0.4, -0.2) is 38.1 Å². The lowest BCUT2D eigenvalue weighted by Gasteiger charge is -2.31. The number of carbonyl (C=O) groups excluding carboxylic acids is 2. The van der Waals surface area contributed by atoms with Crippen molar-refractivity contribution in [3.63, 3.8) is 0 Å². The highest BCUT2D eigenvalue weighted by Gasteiger charge is 2.30. The summed E-state index contributed by atoms with van der Waals surface area (Å²) in [5, 5.41) is 2.58. The molecule has 178 valence electrons. The van der Waals surface area contributed by atoms with E-state index in [-0.39, 0.29) is 15.6 Å². The van der Waals surface area contributed by atoms with Crippen molar-refractivity contribution < 1.29 is 18.7 Å². The maximum Gasteiger partial charge on any atom is 0.280 e. The Morgan fingerprint density at radius 3 is 2.59 bits per heavy atom. The summed E-state index contributed by atoms with van der Waals surface area (Å²) in [5.74, 6) is -0.00487. The second kappa shape index (κ2) is 9.49. The molecule has 2 heterocycles. The zero-order chi connectivity index (χ0) is 23.8. The van der Waals surface area contributed by atoms with E-state index >= 15 is 0 Å². The van der Waals surface area contributed by atoms with Crippen molar-refractivity contribution in [2.24, 2.45) is 0 Å². The minimum absolute atomic E-state index is 0.120. The normalized spacial score (nSPS) is 15.8. The highest BCUT2D eigenvalue weighted by molar-refractivity contribution is 6.42. The molecule has 1 aliphatic carbocycles. The number of hydrazine groups is 1. The van der Waals surface area contributed by atoms with Crippen molar-refractivity contribution in [2.45, 2.75) is 32.6 Å². The molecule has 1 fully saturated rings. The van der Waals surface area contributed by atoms with Crippen LogP contribution in [0.5, 0.6) is 0 Å². The van der Waals surface area contributed by atoms with Gasteiger partial charge in [-0.3, -0.25) is 15.0 Å². The van der Waals surface area contributed by atoms with E-state index in [4.69, 9.17) is 32.4 Å². The molecule has 0 atom stereocenters. The number of aryl methyl sites for hydroxylation is 2. The maximum absolute atomic E-state index is 13.9. The summed E-state index contributed by atoms with van der Waals surface area (Å²) in [5.41, 5.74) is 5.65. The molecule has 0 saturated carbocycles. The number of morpholine rings is 1. The lowest BCUT2D eigenvalue weighted by molar-refractivity contribution is -0.119. The van der Waals surface area contributed by atoms with Crippen LogP contribution in [0.4, 0.5) is 11.4 Å². The molecule has 34 heavy (non-hydrogen) atoms. The monoisotopic (exact) mass is 501 g/mol. The zero-order valence-corrected chi connectivity index (χ0v) is 20.3. The van der Waals surface area contributed by atoms with Gasteiger partial charge in [0.2, 0.25) is 5.91 Å².